The van der Waals surface area contributed by atoms with Crippen LogP contribution < -0.4 is 0 Å². The standard InChI is InChI=1S/C46H46N4/c1-2-32-13-5-8-18-38(32)45(33-14-3-4-15-33)41-25-23-36(47-41)30-49-27-11-21-43(49)44-22-12-28-50(44)31-37-24-26-42(48-37)46-39-19-9-6-16-34(39)29-35-17-7-10-20-40(35)46/h2-3,5-10,13-14,16-20,23-26,29,43-44,47-48H,1,4,11-12,15,21-22,27-28,30-31H2/b45-33-/t43?,44-/m0/s1. The van der Waals surface area contributed by atoms with Crippen molar-refractivity contribution >= 4 is 33.2 Å². The first-order valence-corrected chi connectivity index (χ1v) is 18.6. The van der Waals surface area contributed by atoms with E-state index in [2.05, 4.69) is 142 Å². The van der Waals surface area contributed by atoms with Gasteiger partial charge in [-0.05, 0) is 120 Å². The lowest BCUT2D eigenvalue weighted by Gasteiger charge is -2.34. The molecule has 4 heteroatoms. The van der Waals surface area contributed by atoms with Gasteiger partial charge in [-0.25, -0.2) is 0 Å². The number of rotatable bonds is 9. The van der Waals surface area contributed by atoms with Crippen LogP contribution in [-0.2, 0) is 13.1 Å². The summed E-state index contributed by atoms with van der Waals surface area (Å²) in [7, 11) is 0. The van der Waals surface area contributed by atoms with Gasteiger partial charge in [0.25, 0.3) is 0 Å². The number of benzene rings is 4. The molecule has 50 heavy (non-hydrogen) atoms. The van der Waals surface area contributed by atoms with E-state index in [0.717, 1.165) is 25.9 Å². The minimum Gasteiger partial charge on any atom is -0.357 e. The Hall–Kier alpha value is -4.90. The molecule has 2 atom stereocenters. The Labute approximate surface area is 295 Å². The molecule has 0 saturated carbocycles. The average Bonchev–Trinajstić information content (AvgIpc) is 4.01. The molecule has 2 aliphatic heterocycles. The second-order valence-electron chi connectivity index (χ2n) is 14.5. The summed E-state index contributed by atoms with van der Waals surface area (Å²) < 4.78 is 0. The van der Waals surface area contributed by atoms with E-state index in [4.69, 9.17) is 0 Å². The minimum absolute atomic E-state index is 0.581. The second kappa shape index (κ2) is 13.4. The van der Waals surface area contributed by atoms with Crippen LogP contribution in [0.5, 0.6) is 0 Å². The maximum Gasteiger partial charge on any atom is 0.0469 e. The number of aromatic nitrogens is 2. The van der Waals surface area contributed by atoms with Crippen molar-refractivity contribution in [1.82, 2.24) is 19.8 Å². The highest BCUT2D eigenvalue weighted by Gasteiger charge is 2.38. The lowest BCUT2D eigenvalue weighted by Crippen LogP contribution is -2.45. The van der Waals surface area contributed by atoms with Gasteiger partial charge in [-0.3, -0.25) is 9.80 Å². The largest absolute Gasteiger partial charge is 0.357 e. The normalized spacial score (nSPS) is 20.8. The van der Waals surface area contributed by atoms with Crippen LogP contribution in [0.1, 0.15) is 66.7 Å². The van der Waals surface area contributed by atoms with Crippen molar-refractivity contribution in [3.8, 4) is 11.3 Å². The molecule has 3 aliphatic rings. The fraction of sp³-hybridized carbons (Fsp3) is 0.261. The molecule has 0 spiro atoms. The molecular formula is C46H46N4. The third-order valence-corrected chi connectivity index (χ3v) is 11.5. The molecule has 0 radical (unpaired) electrons. The van der Waals surface area contributed by atoms with Crippen LogP contribution in [0.3, 0.4) is 0 Å². The van der Waals surface area contributed by atoms with Gasteiger partial charge in [0, 0.05) is 59.1 Å². The maximum atomic E-state index is 4.12. The fourth-order valence-corrected chi connectivity index (χ4v) is 9.22. The van der Waals surface area contributed by atoms with E-state index >= 15 is 0 Å². The third-order valence-electron chi connectivity index (χ3n) is 11.5. The number of fused-ring (bicyclic) bond motifs is 2. The number of allylic oxidation sites excluding steroid dienone is 3. The lowest BCUT2D eigenvalue weighted by molar-refractivity contribution is 0.122. The van der Waals surface area contributed by atoms with E-state index < -0.39 is 0 Å². The molecule has 4 heterocycles. The predicted molar refractivity (Wildman–Crippen MR) is 210 cm³/mol. The summed E-state index contributed by atoms with van der Waals surface area (Å²) in [5.41, 5.74) is 11.5. The molecule has 9 rings (SSSR count). The first-order chi connectivity index (χ1) is 24.7. The van der Waals surface area contributed by atoms with Crippen molar-refractivity contribution < 1.29 is 0 Å². The highest BCUT2D eigenvalue weighted by molar-refractivity contribution is 6.12. The van der Waals surface area contributed by atoms with Gasteiger partial charge in [0.15, 0.2) is 0 Å². The molecule has 0 amide bonds. The van der Waals surface area contributed by atoms with Gasteiger partial charge < -0.3 is 9.97 Å². The summed E-state index contributed by atoms with van der Waals surface area (Å²) in [6.07, 6.45) is 13.9. The molecule has 2 aromatic heterocycles. The topological polar surface area (TPSA) is 38.1 Å². The number of H-pyrrole nitrogens is 2. The first kappa shape index (κ1) is 31.1. The van der Waals surface area contributed by atoms with Crippen molar-refractivity contribution in [3.05, 3.63) is 156 Å². The number of aromatic amines is 2. The summed E-state index contributed by atoms with van der Waals surface area (Å²) >= 11 is 0. The zero-order chi connectivity index (χ0) is 33.4. The lowest BCUT2D eigenvalue weighted by atomic mass is 9.92. The molecule has 0 bridgehead atoms. The van der Waals surface area contributed by atoms with E-state index in [9.17, 15) is 0 Å². The third kappa shape index (κ3) is 5.77. The van der Waals surface area contributed by atoms with Crippen LogP contribution in [0.2, 0.25) is 0 Å². The van der Waals surface area contributed by atoms with Gasteiger partial charge in [-0.15, -0.1) is 0 Å². The summed E-state index contributed by atoms with van der Waals surface area (Å²) in [5, 5.41) is 5.19. The number of likely N-dealkylation sites (tertiary alicyclic amines) is 2. The molecule has 6 aromatic rings. The molecule has 1 unspecified atom stereocenters. The molecular weight excluding hydrogens is 609 g/mol. The Kier molecular flexibility index (Phi) is 8.36. The molecule has 250 valence electrons. The Morgan fingerprint density at radius 2 is 1.36 bits per heavy atom. The monoisotopic (exact) mass is 654 g/mol. The highest BCUT2D eigenvalue weighted by atomic mass is 15.3. The Balaban J connectivity index is 0.944. The Morgan fingerprint density at radius 3 is 2.04 bits per heavy atom. The van der Waals surface area contributed by atoms with Crippen molar-refractivity contribution in [2.75, 3.05) is 13.1 Å². The van der Waals surface area contributed by atoms with Gasteiger partial charge >= 0.3 is 0 Å². The predicted octanol–water partition coefficient (Wildman–Crippen LogP) is 10.7. The van der Waals surface area contributed by atoms with E-state index in [0.29, 0.717) is 12.1 Å². The van der Waals surface area contributed by atoms with E-state index in [-0.39, 0.29) is 0 Å². The van der Waals surface area contributed by atoms with E-state index in [1.807, 2.05) is 6.08 Å². The number of nitrogens with one attached hydrogen (secondary N) is 2. The van der Waals surface area contributed by atoms with Gasteiger partial charge in [0.2, 0.25) is 0 Å². The average molecular weight is 655 g/mol. The summed E-state index contributed by atoms with van der Waals surface area (Å²) in [6, 6.07) is 39.0. The second-order valence-corrected chi connectivity index (χ2v) is 14.5. The van der Waals surface area contributed by atoms with Crippen LogP contribution in [-0.4, -0.2) is 44.9 Å². The zero-order valence-electron chi connectivity index (χ0n) is 28.9. The quantitative estimate of drug-likeness (QED) is 0.152. The van der Waals surface area contributed by atoms with Crippen LogP contribution in [0.15, 0.2) is 127 Å². The fourth-order valence-electron chi connectivity index (χ4n) is 9.22. The van der Waals surface area contributed by atoms with Crippen LogP contribution in [0, 0.1) is 0 Å². The van der Waals surface area contributed by atoms with Gasteiger partial charge in [0.05, 0.1) is 0 Å². The SMILES string of the molecule is C=Cc1ccccc1/C(=C1\C=CCC1)c1ccc(CN2CCCC2[C@@H]2CCCN2Cc2ccc(-c3c4ccccc4cc4ccccc34)[nH]2)[nH]1. The van der Waals surface area contributed by atoms with Crippen molar-refractivity contribution in [1.29, 1.82) is 0 Å². The number of hydrogen-bond donors (Lipinski definition) is 2. The first-order valence-electron chi connectivity index (χ1n) is 18.6. The molecule has 4 nitrogen and oxygen atoms in total. The van der Waals surface area contributed by atoms with Crippen molar-refractivity contribution in [2.24, 2.45) is 0 Å². The zero-order valence-corrected chi connectivity index (χ0v) is 28.9. The Morgan fingerprint density at radius 1 is 0.720 bits per heavy atom. The highest BCUT2D eigenvalue weighted by Crippen LogP contribution is 2.38. The summed E-state index contributed by atoms with van der Waals surface area (Å²) in [4.78, 5) is 13.3. The van der Waals surface area contributed by atoms with Gasteiger partial charge in [-0.1, -0.05) is 97.6 Å². The molecule has 4 aromatic carbocycles. The number of nitrogens with zero attached hydrogens (tertiary/aromatic N) is 2. The molecule has 2 N–H and O–H groups in total. The van der Waals surface area contributed by atoms with E-state index in [1.165, 1.54) is 111 Å². The number of hydrogen-bond acceptors (Lipinski definition) is 2. The summed E-state index contributed by atoms with van der Waals surface area (Å²) in [5.74, 6) is 0. The molecule has 2 fully saturated rings. The van der Waals surface area contributed by atoms with Gasteiger partial charge in [0.1, 0.15) is 0 Å². The smallest absolute Gasteiger partial charge is 0.0469 e. The summed E-state index contributed by atoms with van der Waals surface area (Å²) in [6.45, 7) is 8.39. The van der Waals surface area contributed by atoms with Crippen LogP contribution in [0.25, 0.3) is 44.5 Å². The van der Waals surface area contributed by atoms with Crippen LogP contribution in [0.4, 0.5) is 0 Å². The maximum absolute atomic E-state index is 4.12. The van der Waals surface area contributed by atoms with Crippen molar-refractivity contribution in [3.63, 3.8) is 0 Å². The molecule has 2 saturated heterocycles. The molecule has 1 aliphatic carbocycles. The van der Waals surface area contributed by atoms with E-state index in [1.54, 1.807) is 0 Å². The minimum atomic E-state index is 0.581. The van der Waals surface area contributed by atoms with Crippen molar-refractivity contribution in [2.45, 2.75) is 63.7 Å². The van der Waals surface area contributed by atoms with Gasteiger partial charge in [-0.2, -0.15) is 0 Å². The van der Waals surface area contributed by atoms with Crippen LogP contribution >= 0.6 is 0 Å². The Bertz CT molecular complexity index is 2190.